The van der Waals surface area contributed by atoms with E-state index in [2.05, 4.69) is 50.4 Å². The van der Waals surface area contributed by atoms with Crippen LogP contribution in [0.3, 0.4) is 0 Å². The van der Waals surface area contributed by atoms with Crippen molar-refractivity contribution in [2.45, 2.75) is 51.9 Å². The summed E-state index contributed by atoms with van der Waals surface area (Å²) in [6.07, 6.45) is -0.713. The number of ether oxygens (including phenoxy) is 2. The highest BCUT2D eigenvalue weighted by atomic mass is 16.6. The van der Waals surface area contributed by atoms with Gasteiger partial charge < -0.3 is 14.8 Å². The number of hydrogen-bond acceptors (Lipinski definition) is 3. The standard InChI is InChI=1S/C23H29NO3/c1-21(2,3)23(17-12-8-6-9-13-17,18-14-10-7-11-15-18)26-19-16-24-20(25)27-22(19,4)5/h6-15,19H,16H2,1-5H3,(H,24,25)/t19-/m0/s1. The summed E-state index contributed by atoms with van der Waals surface area (Å²) in [5.74, 6) is 0. The van der Waals surface area contributed by atoms with Crippen molar-refractivity contribution >= 4 is 6.09 Å². The molecular weight excluding hydrogens is 338 g/mol. The summed E-state index contributed by atoms with van der Waals surface area (Å²) in [6, 6.07) is 20.6. The number of carbonyl (C=O) groups excluding carboxylic acids is 1. The predicted octanol–water partition coefficient (Wildman–Crippen LogP) is 4.88. The Morgan fingerprint density at radius 2 is 1.44 bits per heavy atom. The molecule has 1 amide bonds. The SMILES string of the molecule is CC1(C)OC(=O)NC[C@@H]1OC(c1ccccc1)(c1ccccc1)C(C)(C)C. The molecule has 0 bridgehead atoms. The molecule has 1 aliphatic rings. The van der Waals surface area contributed by atoms with Crippen LogP contribution in [0.1, 0.15) is 45.7 Å². The Morgan fingerprint density at radius 3 is 1.85 bits per heavy atom. The lowest BCUT2D eigenvalue weighted by atomic mass is 9.67. The first-order valence-electron chi connectivity index (χ1n) is 9.42. The van der Waals surface area contributed by atoms with Crippen LogP contribution >= 0.6 is 0 Å². The van der Waals surface area contributed by atoms with Gasteiger partial charge in [0, 0.05) is 0 Å². The van der Waals surface area contributed by atoms with E-state index in [1.807, 2.05) is 50.2 Å². The minimum atomic E-state index is -0.734. The molecule has 4 heteroatoms. The number of benzene rings is 2. The van der Waals surface area contributed by atoms with Gasteiger partial charge in [0.25, 0.3) is 0 Å². The zero-order valence-corrected chi connectivity index (χ0v) is 16.8. The zero-order chi connectivity index (χ0) is 19.7. The summed E-state index contributed by atoms with van der Waals surface area (Å²) in [5, 5.41) is 2.78. The fraction of sp³-hybridized carbons (Fsp3) is 0.435. The minimum absolute atomic E-state index is 0.257. The summed E-state index contributed by atoms with van der Waals surface area (Å²) in [5.41, 5.74) is 0.464. The molecule has 0 unspecified atom stereocenters. The number of rotatable bonds is 4. The van der Waals surface area contributed by atoms with Gasteiger partial charge in [-0.3, -0.25) is 0 Å². The van der Waals surface area contributed by atoms with E-state index in [-0.39, 0.29) is 11.5 Å². The third-order valence-corrected chi connectivity index (χ3v) is 5.30. The smallest absolute Gasteiger partial charge is 0.407 e. The fourth-order valence-electron chi connectivity index (χ4n) is 3.85. The van der Waals surface area contributed by atoms with E-state index in [9.17, 15) is 4.79 Å². The third-order valence-electron chi connectivity index (χ3n) is 5.30. The van der Waals surface area contributed by atoms with E-state index in [4.69, 9.17) is 9.47 Å². The van der Waals surface area contributed by atoms with E-state index in [1.165, 1.54) is 0 Å². The number of carbonyl (C=O) groups is 1. The normalized spacial score (nSPS) is 19.9. The first kappa shape index (κ1) is 19.4. The molecule has 0 spiro atoms. The maximum absolute atomic E-state index is 11.7. The molecule has 0 radical (unpaired) electrons. The molecule has 4 nitrogen and oxygen atoms in total. The van der Waals surface area contributed by atoms with Crippen molar-refractivity contribution in [2.75, 3.05) is 6.54 Å². The van der Waals surface area contributed by atoms with Gasteiger partial charge in [0.1, 0.15) is 17.3 Å². The van der Waals surface area contributed by atoms with Crippen molar-refractivity contribution in [3.63, 3.8) is 0 Å². The number of alkyl carbamates (subject to hydrolysis) is 1. The molecule has 144 valence electrons. The summed E-state index contributed by atoms with van der Waals surface area (Å²) in [7, 11) is 0. The maximum Gasteiger partial charge on any atom is 0.407 e. The van der Waals surface area contributed by atoms with Gasteiger partial charge in [-0.25, -0.2) is 4.79 Å². The van der Waals surface area contributed by atoms with Crippen LogP contribution in [0.25, 0.3) is 0 Å². The average Bonchev–Trinajstić information content (AvgIpc) is 2.61. The molecule has 1 atom stereocenters. The Hall–Kier alpha value is -2.33. The minimum Gasteiger partial charge on any atom is -0.441 e. The van der Waals surface area contributed by atoms with Crippen molar-refractivity contribution in [3.8, 4) is 0 Å². The van der Waals surface area contributed by atoms with Crippen molar-refractivity contribution in [3.05, 3.63) is 71.8 Å². The van der Waals surface area contributed by atoms with Crippen LogP contribution in [0.15, 0.2) is 60.7 Å². The van der Waals surface area contributed by atoms with E-state index < -0.39 is 17.3 Å². The Balaban J connectivity index is 2.17. The molecular formula is C23H29NO3. The number of cyclic esters (lactones) is 1. The summed E-state index contributed by atoms with van der Waals surface area (Å²) < 4.78 is 12.5. The van der Waals surface area contributed by atoms with Gasteiger partial charge in [0.2, 0.25) is 0 Å². The zero-order valence-electron chi connectivity index (χ0n) is 16.8. The Labute approximate surface area is 161 Å². The highest BCUT2D eigenvalue weighted by Gasteiger charge is 2.51. The highest BCUT2D eigenvalue weighted by Crippen LogP contribution is 2.49. The largest absolute Gasteiger partial charge is 0.441 e. The average molecular weight is 367 g/mol. The molecule has 0 saturated carbocycles. The van der Waals surface area contributed by atoms with Crippen LogP contribution in [-0.4, -0.2) is 24.3 Å². The van der Waals surface area contributed by atoms with Crippen molar-refractivity contribution in [1.29, 1.82) is 0 Å². The van der Waals surface area contributed by atoms with Crippen molar-refractivity contribution in [2.24, 2.45) is 5.41 Å². The number of hydrogen-bond donors (Lipinski definition) is 1. The maximum atomic E-state index is 11.7. The van der Waals surface area contributed by atoms with Crippen LogP contribution in [0.5, 0.6) is 0 Å². The van der Waals surface area contributed by atoms with Crippen LogP contribution in [0.2, 0.25) is 0 Å². The molecule has 2 aromatic rings. The Bertz CT molecular complexity index is 739. The molecule has 1 heterocycles. The van der Waals surface area contributed by atoms with Gasteiger partial charge in [-0.2, -0.15) is 0 Å². The number of nitrogens with one attached hydrogen (secondary N) is 1. The van der Waals surface area contributed by atoms with Gasteiger partial charge in [0.05, 0.1) is 6.54 Å². The predicted molar refractivity (Wildman–Crippen MR) is 107 cm³/mol. The second-order valence-electron chi connectivity index (χ2n) is 8.64. The summed E-state index contributed by atoms with van der Waals surface area (Å²) >= 11 is 0. The van der Waals surface area contributed by atoms with Gasteiger partial charge in [-0.05, 0) is 30.4 Å². The molecule has 1 N–H and O–H groups in total. The molecule has 1 saturated heterocycles. The molecule has 1 aliphatic heterocycles. The topological polar surface area (TPSA) is 47.6 Å². The van der Waals surface area contributed by atoms with Crippen molar-refractivity contribution in [1.82, 2.24) is 5.32 Å². The van der Waals surface area contributed by atoms with Gasteiger partial charge in [0.15, 0.2) is 0 Å². The van der Waals surface area contributed by atoms with Gasteiger partial charge in [-0.1, -0.05) is 81.4 Å². The van der Waals surface area contributed by atoms with Gasteiger partial charge in [-0.15, -0.1) is 0 Å². The van der Waals surface area contributed by atoms with E-state index in [0.717, 1.165) is 11.1 Å². The van der Waals surface area contributed by atoms with Crippen LogP contribution in [0.4, 0.5) is 4.79 Å². The van der Waals surface area contributed by atoms with Gasteiger partial charge >= 0.3 is 6.09 Å². The lowest BCUT2D eigenvalue weighted by Crippen LogP contribution is -2.60. The lowest BCUT2D eigenvalue weighted by Gasteiger charge is -2.50. The molecule has 3 rings (SSSR count). The highest BCUT2D eigenvalue weighted by molar-refractivity contribution is 5.68. The second-order valence-corrected chi connectivity index (χ2v) is 8.64. The van der Waals surface area contributed by atoms with E-state index in [1.54, 1.807) is 0 Å². The quantitative estimate of drug-likeness (QED) is 0.838. The Kier molecular flexibility index (Phi) is 5.04. The van der Waals surface area contributed by atoms with Crippen LogP contribution in [-0.2, 0) is 15.1 Å². The monoisotopic (exact) mass is 367 g/mol. The van der Waals surface area contributed by atoms with Crippen LogP contribution in [0, 0.1) is 5.41 Å². The summed E-state index contributed by atoms with van der Waals surface area (Å²) in [6.45, 7) is 10.8. The first-order valence-corrected chi connectivity index (χ1v) is 9.42. The third kappa shape index (κ3) is 3.59. The van der Waals surface area contributed by atoms with Crippen molar-refractivity contribution < 1.29 is 14.3 Å². The molecule has 1 fully saturated rings. The summed E-state index contributed by atoms with van der Waals surface area (Å²) in [4.78, 5) is 11.7. The molecule has 2 aromatic carbocycles. The first-order chi connectivity index (χ1) is 12.7. The fourth-order valence-corrected chi connectivity index (χ4v) is 3.85. The van der Waals surface area contributed by atoms with E-state index >= 15 is 0 Å². The number of amides is 1. The lowest BCUT2D eigenvalue weighted by molar-refractivity contribution is -0.194. The molecule has 0 aromatic heterocycles. The molecule has 0 aliphatic carbocycles. The molecule has 27 heavy (non-hydrogen) atoms. The van der Waals surface area contributed by atoms with Crippen LogP contribution < -0.4 is 5.32 Å². The van der Waals surface area contributed by atoms with E-state index in [0.29, 0.717) is 6.54 Å². The Morgan fingerprint density at radius 1 is 0.963 bits per heavy atom. The second kappa shape index (κ2) is 7.01.